The number of hydrogen-bond donors (Lipinski definition) is 1. The Bertz CT molecular complexity index is 856. The second-order valence-corrected chi connectivity index (χ2v) is 7.71. The number of nitrogens with zero attached hydrogens (tertiary/aromatic N) is 1. The molecule has 0 bridgehead atoms. The summed E-state index contributed by atoms with van der Waals surface area (Å²) >= 11 is 5.86. The summed E-state index contributed by atoms with van der Waals surface area (Å²) in [5.41, 5.74) is 0.699. The minimum Gasteiger partial charge on any atom is -0.462 e. The van der Waals surface area contributed by atoms with Crippen molar-refractivity contribution >= 4 is 33.5 Å². The molecule has 3 rings (SSSR count). The number of aromatic nitrogens is 1. The topological polar surface area (TPSA) is 98.5 Å². The van der Waals surface area contributed by atoms with Gasteiger partial charge in [0.05, 0.1) is 11.9 Å². The highest BCUT2D eigenvalue weighted by atomic mass is 35.5. The lowest BCUT2D eigenvalue weighted by Gasteiger charge is -2.06. The highest BCUT2D eigenvalue weighted by Gasteiger charge is 2.38. The molecule has 1 aromatic heterocycles. The standard InChI is InChI=1S/C15H15ClN2O5S/c1-2-22-15(19)12-13(9-3-5-10(16)6-4-9)17-23-14(12)18-24(20,21)11-7-8-11/h3-6,11,18H,2,7-8H2,1H3. The van der Waals surface area contributed by atoms with Gasteiger partial charge < -0.3 is 9.26 Å². The van der Waals surface area contributed by atoms with Gasteiger partial charge in [0, 0.05) is 10.6 Å². The van der Waals surface area contributed by atoms with E-state index in [0.717, 1.165) is 0 Å². The molecule has 7 nitrogen and oxygen atoms in total. The Kier molecular flexibility index (Phi) is 4.51. The molecule has 0 saturated heterocycles. The minimum absolute atomic E-state index is 0.0524. The number of esters is 1. The Morgan fingerprint density at radius 3 is 2.62 bits per heavy atom. The molecular weight excluding hydrogens is 356 g/mol. The lowest BCUT2D eigenvalue weighted by molar-refractivity contribution is 0.0528. The minimum atomic E-state index is -3.60. The SMILES string of the molecule is CCOC(=O)c1c(-c2ccc(Cl)cc2)noc1NS(=O)(=O)C1CC1. The van der Waals surface area contributed by atoms with Gasteiger partial charge in [-0.1, -0.05) is 28.9 Å². The van der Waals surface area contributed by atoms with E-state index in [1.54, 1.807) is 31.2 Å². The molecule has 128 valence electrons. The monoisotopic (exact) mass is 370 g/mol. The van der Waals surface area contributed by atoms with Crippen LogP contribution in [0.5, 0.6) is 0 Å². The van der Waals surface area contributed by atoms with Crippen LogP contribution in [-0.2, 0) is 14.8 Å². The number of anilines is 1. The average Bonchev–Trinajstić information content (AvgIpc) is 3.31. The molecule has 9 heteroatoms. The Balaban J connectivity index is 2.03. The van der Waals surface area contributed by atoms with Crippen molar-refractivity contribution in [3.8, 4) is 11.3 Å². The van der Waals surface area contributed by atoms with Crippen molar-refractivity contribution in [2.24, 2.45) is 0 Å². The summed E-state index contributed by atoms with van der Waals surface area (Å²) in [5.74, 6) is -0.942. The number of halogens is 1. The summed E-state index contributed by atoms with van der Waals surface area (Å²) in [4.78, 5) is 12.3. The summed E-state index contributed by atoms with van der Waals surface area (Å²) < 4.78 is 36.6. The highest BCUT2D eigenvalue weighted by molar-refractivity contribution is 7.93. The summed E-state index contributed by atoms with van der Waals surface area (Å²) in [5, 5.41) is 3.90. The smallest absolute Gasteiger partial charge is 0.346 e. The second kappa shape index (κ2) is 6.45. The van der Waals surface area contributed by atoms with Crippen molar-refractivity contribution in [1.82, 2.24) is 5.16 Å². The van der Waals surface area contributed by atoms with Gasteiger partial charge >= 0.3 is 5.97 Å². The van der Waals surface area contributed by atoms with Gasteiger partial charge in [0.25, 0.3) is 5.88 Å². The predicted octanol–water partition coefficient (Wildman–Crippen LogP) is 3.08. The molecule has 0 aliphatic heterocycles. The van der Waals surface area contributed by atoms with E-state index >= 15 is 0 Å². The van der Waals surface area contributed by atoms with E-state index in [2.05, 4.69) is 9.88 Å². The van der Waals surface area contributed by atoms with Crippen LogP contribution in [0.4, 0.5) is 5.88 Å². The molecule has 2 aromatic rings. The zero-order valence-corrected chi connectivity index (χ0v) is 14.4. The summed E-state index contributed by atoms with van der Waals surface area (Å²) in [6.45, 7) is 1.79. The fourth-order valence-electron chi connectivity index (χ4n) is 2.15. The number of sulfonamides is 1. The van der Waals surface area contributed by atoms with Crippen molar-refractivity contribution in [2.45, 2.75) is 25.0 Å². The Morgan fingerprint density at radius 1 is 1.38 bits per heavy atom. The van der Waals surface area contributed by atoms with Crippen LogP contribution in [-0.4, -0.2) is 31.4 Å². The normalized spacial score (nSPS) is 14.4. The lowest BCUT2D eigenvalue weighted by atomic mass is 10.1. The molecule has 1 aliphatic carbocycles. The van der Waals surface area contributed by atoms with Crippen LogP contribution >= 0.6 is 11.6 Å². The van der Waals surface area contributed by atoms with Gasteiger partial charge in [-0.3, -0.25) is 0 Å². The summed E-state index contributed by atoms with van der Waals surface area (Å²) in [6, 6.07) is 6.58. The van der Waals surface area contributed by atoms with E-state index in [0.29, 0.717) is 23.4 Å². The van der Waals surface area contributed by atoms with Crippen LogP contribution in [0, 0.1) is 0 Å². The zero-order chi connectivity index (χ0) is 17.3. The summed E-state index contributed by atoms with van der Waals surface area (Å²) in [6.07, 6.45) is 1.17. The van der Waals surface area contributed by atoms with Crippen LogP contribution in [0.25, 0.3) is 11.3 Å². The Morgan fingerprint density at radius 2 is 2.04 bits per heavy atom. The molecule has 0 unspecified atom stereocenters. The molecular formula is C15H15ClN2O5S. The maximum atomic E-state index is 12.3. The van der Waals surface area contributed by atoms with Crippen molar-refractivity contribution in [3.05, 3.63) is 34.9 Å². The molecule has 1 heterocycles. The first-order valence-electron chi connectivity index (χ1n) is 7.36. The zero-order valence-electron chi connectivity index (χ0n) is 12.8. The number of rotatable bonds is 6. The lowest BCUT2D eigenvalue weighted by Crippen LogP contribution is -2.19. The van der Waals surface area contributed by atoms with Crippen molar-refractivity contribution < 1.29 is 22.5 Å². The Hall–Kier alpha value is -2.06. The molecule has 24 heavy (non-hydrogen) atoms. The molecule has 0 spiro atoms. The van der Waals surface area contributed by atoms with Gasteiger partial charge in [-0.05, 0) is 31.9 Å². The van der Waals surface area contributed by atoms with Gasteiger partial charge in [0.1, 0.15) is 5.69 Å². The molecule has 0 atom stereocenters. The largest absolute Gasteiger partial charge is 0.462 e. The predicted molar refractivity (Wildman–Crippen MR) is 88.5 cm³/mol. The maximum absolute atomic E-state index is 12.3. The van der Waals surface area contributed by atoms with Gasteiger partial charge in [0.2, 0.25) is 10.0 Å². The second-order valence-electron chi connectivity index (χ2n) is 5.31. The number of ether oxygens (including phenoxy) is 1. The molecule has 1 saturated carbocycles. The first kappa shape index (κ1) is 16.8. The van der Waals surface area contributed by atoms with E-state index in [4.69, 9.17) is 20.9 Å². The number of carbonyl (C=O) groups is 1. The van der Waals surface area contributed by atoms with E-state index in [1.165, 1.54) is 0 Å². The average molecular weight is 371 g/mol. The fraction of sp³-hybridized carbons (Fsp3) is 0.333. The maximum Gasteiger partial charge on any atom is 0.346 e. The number of benzene rings is 1. The molecule has 1 fully saturated rings. The number of carbonyl (C=O) groups excluding carboxylic acids is 1. The molecule has 1 aliphatic rings. The first-order valence-corrected chi connectivity index (χ1v) is 9.29. The third kappa shape index (κ3) is 3.39. The van der Waals surface area contributed by atoms with Crippen molar-refractivity contribution in [3.63, 3.8) is 0 Å². The van der Waals surface area contributed by atoms with Gasteiger partial charge in [-0.2, -0.15) is 0 Å². The van der Waals surface area contributed by atoms with Crippen LogP contribution in [0.3, 0.4) is 0 Å². The van der Waals surface area contributed by atoms with Crippen molar-refractivity contribution in [2.75, 3.05) is 11.3 Å². The summed E-state index contributed by atoms with van der Waals surface area (Å²) in [7, 11) is -3.60. The van der Waals surface area contributed by atoms with E-state index in [-0.39, 0.29) is 23.7 Å². The molecule has 0 radical (unpaired) electrons. The quantitative estimate of drug-likeness (QED) is 0.784. The van der Waals surface area contributed by atoms with E-state index in [1.807, 2.05) is 0 Å². The van der Waals surface area contributed by atoms with E-state index < -0.39 is 21.2 Å². The van der Waals surface area contributed by atoms with E-state index in [9.17, 15) is 13.2 Å². The molecule has 1 N–H and O–H groups in total. The number of nitrogens with one attached hydrogen (secondary N) is 1. The third-order valence-electron chi connectivity index (χ3n) is 3.49. The molecule has 0 amide bonds. The number of hydrogen-bond acceptors (Lipinski definition) is 6. The third-order valence-corrected chi connectivity index (χ3v) is 5.56. The van der Waals surface area contributed by atoms with Gasteiger partial charge in [-0.15, -0.1) is 0 Å². The first-order chi connectivity index (χ1) is 11.4. The van der Waals surface area contributed by atoms with Crippen LogP contribution in [0.1, 0.15) is 30.1 Å². The van der Waals surface area contributed by atoms with Gasteiger partial charge in [-0.25, -0.2) is 17.9 Å². The van der Waals surface area contributed by atoms with Crippen LogP contribution in [0.2, 0.25) is 5.02 Å². The Labute approximate surface area is 144 Å². The van der Waals surface area contributed by atoms with Crippen LogP contribution < -0.4 is 4.72 Å². The van der Waals surface area contributed by atoms with Crippen molar-refractivity contribution in [1.29, 1.82) is 0 Å². The van der Waals surface area contributed by atoms with Gasteiger partial charge in [0.15, 0.2) is 5.56 Å². The fourth-order valence-corrected chi connectivity index (χ4v) is 3.60. The van der Waals surface area contributed by atoms with Crippen LogP contribution in [0.15, 0.2) is 28.8 Å². The highest BCUT2D eigenvalue weighted by Crippen LogP contribution is 2.34. The molecule has 1 aromatic carbocycles.